The maximum Gasteiger partial charge on any atom is 0.338 e. The molecule has 1 aliphatic heterocycles. The fourth-order valence-corrected chi connectivity index (χ4v) is 3.31. The molecule has 0 atom stereocenters. The molecule has 32 heavy (non-hydrogen) atoms. The van der Waals surface area contributed by atoms with Crippen molar-refractivity contribution in [2.45, 2.75) is 19.8 Å². The molecule has 9 nitrogen and oxygen atoms in total. The number of aromatic nitrogens is 1. The lowest BCUT2D eigenvalue weighted by molar-refractivity contribution is -0.131. The monoisotopic (exact) mass is 439 g/mol. The van der Waals surface area contributed by atoms with Crippen molar-refractivity contribution < 1.29 is 19.1 Å². The van der Waals surface area contributed by atoms with Crippen LogP contribution in [0.1, 0.15) is 30.1 Å². The molecule has 2 N–H and O–H groups in total. The SMILES string of the molecule is CCCOC(=O)c1ccc(NC(=O)NCCC(=O)N2CCN(c3ccccn3)CC2)cc1. The summed E-state index contributed by atoms with van der Waals surface area (Å²) in [5, 5.41) is 5.38. The Morgan fingerprint density at radius 3 is 2.44 bits per heavy atom. The van der Waals surface area contributed by atoms with Crippen LogP contribution in [0.3, 0.4) is 0 Å². The van der Waals surface area contributed by atoms with Crippen LogP contribution in [-0.4, -0.2) is 67.1 Å². The molecule has 0 spiro atoms. The minimum Gasteiger partial charge on any atom is -0.462 e. The summed E-state index contributed by atoms with van der Waals surface area (Å²) in [6, 6.07) is 11.9. The van der Waals surface area contributed by atoms with Gasteiger partial charge in [0.15, 0.2) is 0 Å². The molecule has 0 radical (unpaired) electrons. The van der Waals surface area contributed by atoms with Gasteiger partial charge in [-0.3, -0.25) is 4.79 Å². The highest BCUT2D eigenvalue weighted by Gasteiger charge is 2.21. The number of hydrogen-bond acceptors (Lipinski definition) is 6. The van der Waals surface area contributed by atoms with Gasteiger partial charge in [-0.1, -0.05) is 13.0 Å². The van der Waals surface area contributed by atoms with E-state index in [1.807, 2.05) is 30.0 Å². The standard InChI is InChI=1S/C23H29N5O4/c1-2-17-32-22(30)18-6-8-19(9-7-18)26-23(31)25-12-10-21(29)28-15-13-27(14-16-28)20-5-3-4-11-24-20/h3-9,11H,2,10,12-17H2,1H3,(H2,25,26,31). The lowest BCUT2D eigenvalue weighted by atomic mass is 10.2. The molecular weight excluding hydrogens is 410 g/mol. The van der Waals surface area contributed by atoms with Crippen molar-refractivity contribution in [3.63, 3.8) is 0 Å². The van der Waals surface area contributed by atoms with Crippen LogP contribution in [0.4, 0.5) is 16.3 Å². The third-order valence-corrected chi connectivity index (χ3v) is 5.05. The first-order valence-electron chi connectivity index (χ1n) is 10.8. The van der Waals surface area contributed by atoms with Crippen molar-refractivity contribution >= 4 is 29.4 Å². The summed E-state index contributed by atoms with van der Waals surface area (Å²) in [6.45, 7) is 5.28. The molecule has 3 rings (SSSR count). The third kappa shape index (κ3) is 6.69. The lowest BCUT2D eigenvalue weighted by Gasteiger charge is -2.35. The molecule has 0 unspecified atom stereocenters. The number of carbonyl (C=O) groups is 3. The second-order valence-electron chi connectivity index (χ2n) is 7.40. The highest BCUT2D eigenvalue weighted by atomic mass is 16.5. The molecule has 3 amide bonds. The van der Waals surface area contributed by atoms with E-state index in [4.69, 9.17) is 4.74 Å². The Kier molecular flexibility index (Phi) is 8.42. The van der Waals surface area contributed by atoms with Crippen LogP contribution < -0.4 is 15.5 Å². The maximum atomic E-state index is 12.4. The second-order valence-corrected chi connectivity index (χ2v) is 7.40. The molecule has 2 aromatic rings. The Labute approximate surface area is 187 Å². The van der Waals surface area contributed by atoms with Gasteiger partial charge in [0.2, 0.25) is 5.91 Å². The number of nitrogens with one attached hydrogen (secondary N) is 2. The number of urea groups is 1. The number of pyridine rings is 1. The molecule has 1 aliphatic rings. The van der Waals surface area contributed by atoms with Gasteiger partial charge < -0.3 is 25.2 Å². The van der Waals surface area contributed by atoms with Crippen LogP contribution >= 0.6 is 0 Å². The molecule has 9 heteroatoms. The summed E-state index contributed by atoms with van der Waals surface area (Å²) < 4.78 is 5.07. The number of hydrogen-bond donors (Lipinski definition) is 2. The summed E-state index contributed by atoms with van der Waals surface area (Å²) in [5.41, 5.74) is 0.977. The molecule has 1 saturated heterocycles. The number of rotatable bonds is 8. The van der Waals surface area contributed by atoms with E-state index < -0.39 is 6.03 Å². The van der Waals surface area contributed by atoms with Gasteiger partial charge in [0.05, 0.1) is 12.2 Å². The van der Waals surface area contributed by atoms with Crippen LogP contribution in [0, 0.1) is 0 Å². The first-order chi connectivity index (χ1) is 15.6. The highest BCUT2D eigenvalue weighted by Crippen LogP contribution is 2.13. The van der Waals surface area contributed by atoms with Crippen molar-refractivity contribution in [1.29, 1.82) is 0 Å². The zero-order valence-corrected chi connectivity index (χ0v) is 18.3. The number of nitrogens with zero attached hydrogens (tertiary/aromatic N) is 3. The average Bonchev–Trinajstić information content (AvgIpc) is 2.83. The van der Waals surface area contributed by atoms with Crippen LogP contribution in [0.15, 0.2) is 48.7 Å². The minimum absolute atomic E-state index is 0.0147. The van der Waals surface area contributed by atoms with Gasteiger partial charge in [-0.2, -0.15) is 0 Å². The molecule has 1 aromatic heterocycles. The van der Waals surface area contributed by atoms with Gasteiger partial charge in [-0.05, 0) is 42.8 Å². The predicted octanol–water partition coefficient (Wildman–Crippen LogP) is 2.51. The van der Waals surface area contributed by atoms with Crippen LogP contribution in [0.5, 0.6) is 0 Å². The van der Waals surface area contributed by atoms with E-state index in [-0.39, 0.29) is 24.8 Å². The first kappa shape index (κ1) is 23.1. The zero-order chi connectivity index (χ0) is 22.8. The maximum absolute atomic E-state index is 12.4. The molecule has 0 bridgehead atoms. The Balaban J connectivity index is 1.35. The van der Waals surface area contributed by atoms with Gasteiger partial charge in [0, 0.05) is 51.0 Å². The molecule has 1 aromatic carbocycles. The van der Waals surface area contributed by atoms with Gasteiger partial charge in [0.25, 0.3) is 0 Å². The Morgan fingerprint density at radius 2 is 1.78 bits per heavy atom. The summed E-state index contributed by atoms with van der Waals surface area (Å²) >= 11 is 0. The van der Waals surface area contributed by atoms with Crippen molar-refractivity contribution in [2.75, 3.05) is 49.5 Å². The molecule has 0 saturated carbocycles. The van der Waals surface area contributed by atoms with E-state index in [9.17, 15) is 14.4 Å². The van der Waals surface area contributed by atoms with Crippen LogP contribution in [0.2, 0.25) is 0 Å². The number of piperazine rings is 1. The van der Waals surface area contributed by atoms with Crippen molar-refractivity contribution in [1.82, 2.24) is 15.2 Å². The van der Waals surface area contributed by atoms with Crippen LogP contribution in [0.25, 0.3) is 0 Å². The number of amides is 3. The third-order valence-electron chi connectivity index (χ3n) is 5.05. The average molecular weight is 440 g/mol. The molecule has 170 valence electrons. The summed E-state index contributed by atoms with van der Waals surface area (Å²) in [7, 11) is 0. The van der Waals surface area contributed by atoms with E-state index in [0.29, 0.717) is 30.9 Å². The zero-order valence-electron chi connectivity index (χ0n) is 18.3. The lowest BCUT2D eigenvalue weighted by Crippen LogP contribution is -2.49. The summed E-state index contributed by atoms with van der Waals surface area (Å²) in [4.78, 5) is 44.6. The van der Waals surface area contributed by atoms with E-state index in [0.717, 1.165) is 25.3 Å². The molecule has 0 aliphatic carbocycles. The number of esters is 1. The Hall–Kier alpha value is -3.62. The number of carbonyl (C=O) groups excluding carboxylic acids is 3. The molecule has 2 heterocycles. The number of anilines is 2. The normalized spacial score (nSPS) is 13.4. The van der Waals surface area contributed by atoms with E-state index in [1.54, 1.807) is 30.5 Å². The highest BCUT2D eigenvalue weighted by molar-refractivity contribution is 5.92. The van der Waals surface area contributed by atoms with E-state index in [1.165, 1.54) is 0 Å². The predicted molar refractivity (Wildman–Crippen MR) is 122 cm³/mol. The van der Waals surface area contributed by atoms with Crippen molar-refractivity contribution in [2.24, 2.45) is 0 Å². The van der Waals surface area contributed by atoms with E-state index in [2.05, 4.69) is 20.5 Å². The topological polar surface area (TPSA) is 104 Å². The fourth-order valence-electron chi connectivity index (χ4n) is 3.31. The van der Waals surface area contributed by atoms with Crippen molar-refractivity contribution in [3.8, 4) is 0 Å². The first-order valence-corrected chi connectivity index (χ1v) is 10.8. The number of benzene rings is 1. The Morgan fingerprint density at radius 1 is 1.03 bits per heavy atom. The minimum atomic E-state index is -0.404. The summed E-state index contributed by atoms with van der Waals surface area (Å²) in [6.07, 6.45) is 2.76. The van der Waals surface area contributed by atoms with Crippen LogP contribution in [-0.2, 0) is 9.53 Å². The quantitative estimate of drug-likeness (QED) is 0.613. The molecular formula is C23H29N5O4. The second kappa shape index (κ2) is 11.7. The van der Waals surface area contributed by atoms with Crippen molar-refractivity contribution in [3.05, 3.63) is 54.2 Å². The number of ether oxygens (including phenoxy) is 1. The largest absolute Gasteiger partial charge is 0.462 e. The summed E-state index contributed by atoms with van der Waals surface area (Å²) in [5.74, 6) is 0.548. The Bertz CT molecular complexity index is 896. The smallest absolute Gasteiger partial charge is 0.338 e. The molecule has 1 fully saturated rings. The van der Waals surface area contributed by atoms with Gasteiger partial charge in [-0.15, -0.1) is 0 Å². The fraction of sp³-hybridized carbons (Fsp3) is 0.391. The van der Waals surface area contributed by atoms with Gasteiger partial charge >= 0.3 is 12.0 Å². The van der Waals surface area contributed by atoms with E-state index >= 15 is 0 Å². The van der Waals surface area contributed by atoms with Gasteiger partial charge in [-0.25, -0.2) is 14.6 Å². The van der Waals surface area contributed by atoms with Gasteiger partial charge in [0.1, 0.15) is 5.82 Å².